The molecule has 0 aromatic carbocycles. The summed E-state index contributed by atoms with van der Waals surface area (Å²) in [6.07, 6.45) is -0.384. The Bertz CT molecular complexity index is 170. The van der Waals surface area contributed by atoms with Gasteiger partial charge in [0.05, 0.1) is 13.1 Å². The fourth-order valence-electron chi connectivity index (χ4n) is 0.719. The molecule has 1 heterocycles. The van der Waals surface area contributed by atoms with Crippen molar-refractivity contribution in [3.05, 3.63) is 0 Å². The molecule has 10 heavy (non-hydrogen) atoms. The highest BCUT2D eigenvalue weighted by molar-refractivity contribution is 14.1. The number of hydrogen-bond donors (Lipinski definition) is 0. The van der Waals surface area contributed by atoms with E-state index in [1.807, 2.05) is 0 Å². The summed E-state index contributed by atoms with van der Waals surface area (Å²) in [6, 6.07) is 0. The molecule has 56 valence electrons. The number of nitrogens with zero attached hydrogens (tertiary/aromatic N) is 1. The molecule has 1 aliphatic heterocycles. The summed E-state index contributed by atoms with van der Waals surface area (Å²) in [6.45, 7) is 1.11. The van der Waals surface area contributed by atoms with Crippen LogP contribution in [0.5, 0.6) is 0 Å². The van der Waals surface area contributed by atoms with E-state index in [9.17, 15) is 9.59 Å². The zero-order valence-electron chi connectivity index (χ0n) is 5.17. The Hall–Kier alpha value is -0.330. The van der Waals surface area contributed by atoms with Crippen molar-refractivity contribution >= 4 is 32.5 Å². The summed E-state index contributed by atoms with van der Waals surface area (Å²) in [5.41, 5.74) is 0. The van der Waals surface area contributed by atoms with Gasteiger partial charge in [-0.2, -0.15) is 0 Å². The second-order valence-electron chi connectivity index (χ2n) is 1.89. The van der Waals surface area contributed by atoms with E-state index in [0.29, 0.717) is 13.2 Å². The molecule has 0 bridgehead atoms. The third kappa shape index (κ3) is 1.83. The third-order valence-electron chi connectivity index (χ3n) is 1.16. The van der Waals surface area contributed by atoms with Crippen molar-refractivity contribution in [2.45, 2.75) is 0 Å². The van der Waals surface area contributed by atoms with E-state index in [1.54, 1.807) is 22.6 Å². The van der Waals surface area contributed by atoms with E-state index in [4.69, 9.17) is 0 Å². The van der Waals surface area contributed by atoms with Gasteiger partial charge in [-0.3, -0.25) is 9.69 Å². The number of amides is 1. The first kappa shape index (κ1) is 7.77. The molecule has 1 amide bonds. The molecule has 4 nitrogen and oxygen atoms in total. The Morgan fingerprint density at radius 1 is 1.80 bits per heavy atom. The third-order valence-corrected chi connectivity index (χ3v) is 1.50. The highest BCUT2D eigenvalue weighted by Crippen LogP contribution is 2.03. The number of carbonyl (C=O) groups is 2. The zero-order chi connectivity index (χ0) is 7.56. The summed E-state index contributed by atoms with van der Waals surface area (Å²) in [4.78, 5) is 22.5. The van der Waals surface area contributed by atoms with Crippen molar-refractivity contribution < 1.29 is 14.3 Å². The number of ether oxygens (including phenoxy) is 1. The maximum Gasteiger partial charge on any atom is 0.410 e. The summed E-state index contributed by atoms with van der Waals surface area (Å²) < 4.78 is 4.55. The molecule has 1 aliphatic rings. The molecule has 0 spiro atoms. The van der Waals surface area contributed by atoms with Crippen molar-refractivity contribution in [1.29, 1.82) is 0 Å². The van der Waals surface area contributed by atoms with Gasteiger partial charge in [-0.1, -0.05) is 0 Å². The van der Waals surface area contributed by atoms with Crippen molar-refractivity contribution in [2.24, 2.45) is 0 Å². The number of halogens is 1. The summed E-state index contributed by atoms with van der Waals surface area (Å²) >= 11 is 1.65. The minimum atomic E-state index is -0.384. The van der Waals surface area contributed by atoms with Gasteiger partial charge in [-0.25, -0.2) is 4.79 Å². The molecular formula is C5H6INO3. The molecule has 0 atom stereocenters. The Labute approximate surface area is 71.7 Å². The van der Waals surface area contributed by atoms with Gasteiger partial charge in [0.1, 0.15) is 6.61 Å². The summed E-state index contributed by atoms with van der Waals surface area (Å²) in [5, 5.41) is 0. The first-order chi connectivity index (χ1) is 4.70. The van der Waals surface area contributed by atoms with Crippen molar-refractivity contribution in [3.8, 4) is 0 Å². The fraction of sp³-hybridized carbons (Fsp3) is 0.600. The predicted octanol–water partition coefficient (Wildman–Crippen LogP) is 0.400. The lowest BCUT2D eigenvalue weighted by Gasteiger charge is -2.07. The maximum atomic E-state index is 10.7. The predicted molar refractivity (Wildman–Crippen MR) is 41.9 cm³/mol. The lowest BCUT2D eigenvalue weighted by Crippen LogP contribution is -2.28. The molecule has 0 aromatic heterocycles. The number of carbonyl (C=O) groups excluding carboxylic acids is 2. The number of rotatable bonds is 2. The fourth-order valence-corrected chi connectivity index (χ4v) is 1.13. The summed E-state index contributed by atoms with van der Waals surface area (Å²) in [5.74, 6) is 0. The average Bonchev–Trinajstić information content (AvgIpc) is 2.15. The zero-order valence-corrected chi connectivity index (χ0v) is 7.33. The van der Waals surface area contributed by atoms with Gasteiger partial charge >= 0.3 is 6.09 Å². The molecule has 0 aromatic rings. The van der Waals surface area contributed by atoms with Gasteiger partial charge in [0.2, 0.25) is 3.79 Å². The molecule has 1 saturated heterocycles. The highest BCUT2D eigenvalue weighted by atomic mass is 127. The SMILES string of the molecule is O=C(I)CN1CCOC1=O. The van der Waals surface area contributed by atoms with E-state index >= 15 is 0 Å². The van der Waals surface area contributed by atoms with Crippen LogP contribution in [-0.4, -0.2) is 34.5 Å². The van der Waals surface area contributed by atoms with Crippen LogP contribution in [0, 0.1) is 0 Å². The van der Waals surface area contributed by atoms with Crippen molar-refractivity contribution in [3.63, 3.8) is 0 Å². The Morgan fingerprint density at radius 2 is 2.50 bits per heavy atom. The smallest absolute Gasteiger partial charge is 0.410 e. The second kappa shape index (κ2) is 3.18. The normalized spacial score (nSPS) is 17.3. The topological polar surface area (TPSA) is 46.6 Å². The molecule has 0 N–H and O–H groups in total. The first-order valence-electron chi connectivity index (χ1n) is 2.80. The molecule has 0 radical (unpaired) electrons. The van der Waals surface area contributed by atoms with E-state index < -0.39 is 0 Å². The highest BCUT2D eigenvalue weighted by Gasteiger charge is 2.22. The van der Waals surface area contributed by atoms with Gasteiger partial charge in [-0.05, 0) is 0 Å². The van der Waals surface area contributed by atoms with Crippen LogP contribution < -0.4 is 0 Å². The molecule has 0 aliphatic carbocycles. The van der Waals surface area contributed by atoms with Gasteiger partial charge in [0, 0.05) is 22.6 Å². The largest absolute Gasteiger partial charge is 0.448 e. The molecular weight excluding hydrogens is 249 g/mol. The molecule has 0 saturated carbocycles. The van der Waals surface area contributed by atoms with Crippen LogP contribution in [-0.2, 0) is 9.53 Å². The van der Waals surface area contributed by atoms with Gasteiger partial charge in [-0.15, -0.1) is 0 Å². The quantitative estimate of drug-likeness (QED) is 0.530. The lowest BCUT2D eigenvalue weighted by molar-refractivity contribution is -0.109. The number of hydrogen-bond acceptors (Lipinski definition) is 3. The molecule has 1 fully saturated rings. The van der Waals surface area contributed by atoms with Crippen LogP contribution in [0.25, 0.3) is 0 Å². The maximum absolute atomic E-state index is 10.7. The van der Waals surface area contributed by atoms with Crippen LogP contribution in [0.4, 0.5) is 4.79 Å². The van der Waals surface area contributed by atoms with Crippen LogP contribution in [0.1, 0.15) is 0 Å². The van der Waals surface area contributed by atoms with Gasteiger partial charge in [0.25, 0.3) is 0 Å². The van der Waals surface area contributed by atoms with Crippen LogP contribution in [0.2, 0.25) is 0 Å². The standard InChI is InChI=1S/C5H6INO3/c6-4(8)3-7-1-2-10-5(7)9/h1-3H2. The lowest BCUT2D eigenvalue weighted by atomic mass is 10.6. The van der Waals surface area contributed by atoms with Gasteiger partial charge < -0.3 is 4.74 Å². The molecule has 5 heteroatoms. The minimum absolute atomic E-state index is 0.0450. The van der Waals surface area contributed by atoms with Crippen LogP contribution in [0.15, 0.2) is 0 Å². The summed E-state index contributed by atoms with van der Waals surface area (Å²) in [7, 11) is 0. The van der Waals surface area contributed by atoms with Gasteiger partial charge in [0.15, 0.2) is 0 Å². The first-order valence-corrected chi connectivity index (χ1v) is 3.88. The second-order valence-corrected chi connectivity index (χ2v) is 3.09. The monoisotopic (exact) mass is 255 g/mol. The van der Waals surface area contributed by atoms with E-state index in [2.05, 4.69) is 4.74 Å². The van der Waals surface area contributed by atoms with Crippen molar-refractivity contribution in [2.75, 3.05) is 19.7 Å². The van der Waals surface area contributed by atoms with Crippen molar-refractivity contribution in [1.82, 2.24) is 4.90 Å². The van der Waals surface area contributed by atoms with E-state index in [0.717, 1.165) is 0 Å². The molecule has 0 unspecified atom stereocenters. The van der Waals surface area contributed by atoms with E-state index in [1.165, 1.54) is 4.90 Å². The Balaban J connectivity index is 2.40. The minimum Gasteiger partial charge on any atom is -0.448 e. The van der Waals surface area contributed by atoms with Crippen LogP contribution >= 0.6 is 22.6 Å². The Kier molecular flexibility index (Phi) is 2.47. The van der Waals surface area contributed by atoms with E-state index in [-0.39, 0.29) is 16.4 Å². The van der Waals surface area contributed by atoms with Crippen LogP contribution in [0.3, 0.4) is 0 Å². The Morgan fingerprint density at radius 3 is 2.90 bits per heavy atom. The number of cyclic esters (lactones) is 1. The molecule has 1 rings (SSSR count). The average molecular weight is 255 g/mol.